The fourth-order valence-electron chi connectivity index (χ4n) is 3.44. The van der Waals surface area contributed by atoms with Crippen LogP contribution in [-0.4, -0.2) is 29.2 Å². The highest BCUT2D eigenvalue weighted by molar-refractivity contribution is 9.11. The second-order valence-corrected chi connectivity index (χ2v) is 10.8. The SMILES string of the molecule is Cc1ccc(COc2c(Br)cc(/C=C3\SC(=O)N(CCOc4cccc(C)c4)C3=O)cc2Br)cc1. The summed E-state index contributed by atoms with van der Waals surface area (Å²) in [6.07, 6.45) is 1.71. The normalized spacial score (nSPS) is 14.6. The number of carbonyl (C=O) groups excluding carboxylic acids is 2. The largest absolute Gasteiger partial charge is 0.492 e. The third kappa shape index (κ3) is 6.57. The van der Waals surface area contributed by atoms with Crippen LogP contribution in [0.15, 0.2) is 74.5 Å². The summed E-state index contributed by atoms with van der Waals surface area (Å²) in [5, 5.41) is -0.301. The van der Waals surface area contributed by atoms with E-state index in [1.54, 1.807) is 6.08 Å². The second kappa shape index (κ2) is 11.5. The van der Waals surface area contributed by atoms with Gasteiger partial charge in [0.05, 0.1) is 20.4 Å². The lowest BCUT2D eigenvalue weighted by Crippen LogP contribution is -2.32. The Bertz CT molecular complexity index is 1270. The maximum Gasteiger partial charge on any atom is 0.293 e. The van der Waals surface area contributed by atoms with Gasteiger partial charge in [-0.05, 0) is 105 Å². The van der Waals surface area contributed by atoms with Gasteiger partial charge in [0.15, 0.2) is 0 Å². The van der Waals surface area contributed by atoms with E-state index in [4.69, 9.17) is 9.47 Å². The van der Waals surface area contributed by atoms with Crippen molar-refractivity contribution >= 4 is 60.8 Å². The average molecular weight is 617 g/mol. The Morgan fingerprint density at radius 3 is 2.31 bits per heavy atom. The number of ether oxygens (including phenoxy) is 2. The molecule has 0 bridgehead atoms. The van der Waals surface area contributed by atoms with Crippen molar-refractivity contribution in [3.8, 4) is 11.5 Å². The molecule has 0 spiro atoms. The first-order valence-electron chi connectivity index (χ1n) is 10.9. The molecule has 3 aromatic carbocycles. The molecule has 0 radical (unpaired) electrons. The molecule has 1 heterocycles. The Morgan fingerprint density at radius 2 is 1.63 bits per heavy atom. The van der Waals surface area contributed by atoms with Gasteiger partial charge in [0, 0.05) is 0 Å². The number of thioether (sulfide) groups is 1. The number of nitrogens with zero attached hydrogens (tertiary/aromatic N) is 1. The van der Waals surface area contributed by atoms with E-state index in [9.17, 15) is 9.59 Å². The lowest BCUT2D eigenvalue weighted by molar-refractivity contribution is -0.123. The number of benzene rings is 3. The molecule has 1 aliphatic heterocycles. The molecule has 1 saturated heterocycles. The van der Waals surface area contributed by atoms with Crippen LogP contribution >= 0.6 is 43.6 Å². The average Bonchev–Trinajstić information content (AvgIpc) is 3.07. The predicted molar refractivity (Wildman–Crippen MR) is 147 cm³/mol. The third-order valence-electron chi connectivity index (χ3n) is 5.27. The summed E-state index contributed by atoms with van der Waals surface area (Å²) < 4.78 is 13.2. The first kappa shape index (κ1) is 25.5. The van der Waals surface area contributed by atoms with Gasteiger partial charge in [0.25, 0.3) is 11.1 Å². The zero-order chi connectivity index (χ0) is 24.9. The number of rotatable bonds is 8. The van der Waals surface area contributed by atoms with Gasteiger partial charge < -0.3 is 9.47 Å². The van der Waals surface area contributed by atoms with E-state index in [2.05, 4.69) is 31.9 Å². The third-order valence-corrected chi connectivity index (χ3v) is 7.35. The van der Waals surface area contributed by atoms with Gasteiger partial charge in [0.2, 0.25) is 0 Å². The molecule has 0 aliphatic carbocycles. The number of amides is 2. The van der Waals surface area contributed by atoms with Crippen LogP contribution in [0.5, 0.6) is 11.5 Å². The van der Waals surface area contributed by atoms with E-state index in [0.717, 1.165) is 37.4 Å². The molecule has 1 aliphatic rings. The van der Waals surface area contributed by atoms with Gasteiger partial charge in [-0.3, -0.25) is 14.5 Å². The van der Waals surface area contributed by atoms with E-state index in [-0.39, 0.29) is 24.3 Å². The topological polar surface area (TPSA) is 55.8 Å². The number of hydrogen-bond donors (Lipinski definition) is 0. The van der Waals surface area contributed by atoms with Crippen LogP contribution < -0.4 is 9.47 Å². The molecule has 4 rings (SSSR count). The van der Waals surface area contributed by atoms with Crippen LogP contribution in [0.25, 0.3) is 6.08 Å². The predicted octanol–water partition coefficient (Wildman–Crippen LogP) is 7.52. The van der Waals surface area contributed by atoms with Crippen molar-refractivity contribution in [2.75, 3.05) is 13.2 Å². The highest BCUT2D eigenvalue weighted by atomic mass is 79.9. The van der Waals surface area contributed by atoms with Crippen LogP contribution in [0.2, 0.25) is 0 Å². The van der Waals surface area contributed by atoms with E-state index < -0.39 is 0 Å². The van der Waals surface area contributed by atoms with Gasteiger partial charge >= 0.3 is 0 Å². The fraction of sp³-hybridized carbons (Fsp3) is 0.185. The summed E-state index contributed by atoms with van der Waals surface area (Å²) in [5.74, 6) is 1.07. The highest BCUT2D eigenvalue weighted by Crippen LogP contribution is 2.38. The van der Waals surface area contributed by atoms with Crippen LogP contribution in [0, 0.1) is 13.8 Å². The van der Waals surface area contributed by atoms with E-state index in [1.165, 1.54) is 10.5 Å². The zero-order valence-corrected chi connectivity index (χ0v) is 23.2. The van der Waals surface area contributed by atoms with Gasteiger partial charge in [-0.25, -0.2) is 0 Å². The number of halogens is 2. The maximum absolute atomic E-state index is 12.8. The van der Waals surface area contributed by atoms with Gasteiger partial charge in [-0.1, -0.05) is 42.0 Å². The number of carbonyl (C=O) groups is 2. The monoisotopic (exact) mass is 615 g/mol. The molecule has 0 aromatic heterocycles. The molecule has 35 heavy (non-hydrogen) atoms. The minimum Gasteiger partial charge on any atom is -0.492 e. The molecule has 180 valence electrons. The smallest absolute Gasteiger partial charge is 0.293 e. The van der Waals surface area contributed by atoms with Crippen LogP contribution in [0.3, 0.4) is 0 Å². The number of aryl methyl sites for hydroxylation is 2. The fourth-order valence-corrected chi connectivity index (χ4v) is 5.76. The Hall–Kier alpha value is -2.55. The lowest BCUT2D eigenvalue weighted by atomic mass is 10.1. The first-order chi connectivity index (χ1) is 16.8. The Morgan fingerprint density at radius 1 is 0.914 bits per heavy atom. The standard InChI is InChI=1S/C27H23Br2NO4S/c1-17-6-8-19(9-7-17)16-34-25-22(28)13-20(14-23(25)29)15-24-26(31)30(27(32)35-24)10-11-33-21-5-3-4-18(2)12-21/h3-9,12-15H,10-11,16H2,1-2H3/b24-15-. The number of imide groups is 1. The maximum atomic E-state index is 12.8. The van der Waals surface area contributed by atoms with Crippen molar-refractivity contribution in [3.63, 3.8) is 0 Å². The second-order valence-electron chi connectivity index (χ2n) is 8.09. The molecule has 0 saturated carbocycles. The number of hydrogen-bond acceptors (Lipinski definition) is 5. The quantitative estimate of drug-likeness (QED) is 0.245. The summed E-state index contributed by atoms with van der Waals surface area (Å²) in [7, 11) is 0. The molecule has 5 nitrogen and oxygen atoms in total. The molecule has 0 N–H and O–H groups in total. The molecule has 8 heteroatoms. The molecular weight excluding hydrogens is 594 g/mol. The zero-order valence-electron chi connectivity index (χ0n) is 19.2. The van der Waals surface area contributed by atoms with Crippen molar-refractivity contribution in [1.82, 2.24) is 4.90 Å². The van der Waals surface area contributed by atoms with E-state index >= 15 is 0 Å². The van der Waals surface area contributed by atoms with Gasteiger partial charge in [-0.2, -0.15) is 0 Å². The summed E-state index contributed by atoms with van der Waals surface area (Å²) in [6, 6.07) is 19.6. The van der Waals surface area contributed by atoms with E-state index in [0.29, 0.717) is 23.0 Å². The van der Waals surface area contributed by atoms with Crippen LogP contribution in [0.1, 0.15) is 22.3 Å². The van der Waals surface area contributed by atoms with E-state index in [1.807, 2.05) is 74.5 Å². The van der Waals surface area contributed by atoms with Crippen molar-refractivity contribution in [3.05, 3.63) is 96.8 Å². The van der Waals surface area contributed by atoms with Crippen LogP contribution in [0.4, 0.5) is 4.79 Å². The van der Waals surface area contributed by atoms with Crippen LogP contribution in [-0.2, 0) is 11.4 Å². The Balaban J connectivity index is 1.40. The summed E-state index contributed by atoms with van der Waals surface area (Å²) >= 11 is 8.06. The molecule has 2 amide bonds. The lowest BCUT2D eigenvalue weighted by Gasteiger charge is -2.13. The van der Waals surface area contributed by atoms with Crippen molar-refractivity contribution in [2.24, 2.45) is 0 Å². The molecule has 3 aromatic rings. The molecule has 0 unspecified atom stereocenters. The highest BCUT2D eigenvalue weighted by Gasteiger charge is 2.34. The Kier molecular flexibility index (Phi) is 8.36. The van der Waals surface area contributed by atoms with Crippen molar-refractivity contribution in [1.29, 1.82) is 0 Å². The molecule has 0 atom stereocenters. The van der Waals surface area contributed by atoms with Crippen molar-refractivity contribution in [2.45, 2.75) is 20.5 Å². The van der Waals surface area contributed by atoms with Gasteiger partial charge in [-0.15, -0.1) is 0 Å². The summed E-state index contributed by atoms with van der Waals surface area (Å²) in [6.45, 7) is 4.88. The Labute approximate surface area is 225 Å². The summed E-state index contributed by atoms with van der Waals surface area (Å²) in [4.78, 5) is 26.9. The minimum atomic E-state index is -0.320. The molecular formula is C27H23Br2NO4S. The first-order valence-corrected chi connectivity index (χ1v) is 13.3. The summed E-state index contributed by atoms with van der Waals surface area (Å²) in [5.41, 5.74) is 4.12. The minimum absolute atomic E-state index is 0.190. The molecule has 1 fully saturated rings. The van der Waals surface area contributed by atoms with Crippen molar-refractivity contribution < 1.29 is 19.1 Å². The van der Waals surface area contributed by atoms with Gasteiger partial charge in [0.1, 0.15) is 24.7 Å².